The SMILES string of the molecule is Cc1ccc(S(=O)(=O)N[C@@H](C)CN(Cc2ccccc2)C[C@@H](NS(=O)(=O)c2ccc(C)cc2)C(C)C)cc1. The maximum Gasteiger partial charge on any atom is 0.240 e. The Morgan fingerprint density at radius 3 is 1.61 bits per heavy atom. The van der Waals surface area contributed by atoms with Gasteiger partial charge in [0.15, 0.2) is 0 Å². The molecule has 0 aliphatic carbocycles. The average molecular weight is 558 g/mol. The first-order valence-electron chi connectivity index (χ1n) is 12.8. The molecule has 0 aromatic heterocycles. The fraction of sp³-hybridized carbons (Fsp3) is 0.379. The second-order valence-electron chi connectivity index (χ2n) is 10.3. The number of nitrogens with one attached hydrogen (secondary N) is 2. The van der Waals surface area contributed by atoms with E-state index in [1.54, 1.807) is 48.5 Å². The Morgan fingerprint density at radius 2 is 1.13 bits per heavy atom. The predicted molar refractivity (Wildman–Crippen MR) is 153 cm³/mol. The summed E-state index contributed by atoms with van der Waals surface area (Å²) in [4.78, 5) is 2.54. The molecule has 0 bridgehead atoms. The molecule has 3 aromatic carbocycles. The third kappa shape index (κ3) is 8.74. The molecule has 0 saturated carbocycles. The lowest BCUT2D eigenvalue weighted by Crippen LogP contribution is -2.49. The van der Waals surface area contributed by atoms with E-state index in [0.717, 1.165) is 16.7 Å². The Morgan fingerprint density at radius 1 is 0.658 bits per heavy atom. The van der Waals surface area contributed by atoms with E-state index in [0.29, 0.717) is 19.6 Å². The number of aryl methyl sites for hydroxylation is 2. The number of hydrogen-bond acceptors (Lipinski definition) is 5. The first-order chi connectivity index (χ1) is 17.9. The molecular weight excluding hydrogens is 518 g/mol. The van der Waals surface area contributed by atoms with Gasteiger partial charge in [-0.15, -0.1) is 0 Å². The Kier molecular flexibility index (Phi) is 10.3. The monoisotopic (exact) mass is 557 g/mol. The van der Waals surface area contributed by atoms with Crippen LogP contribution in [0.5, 0.6) is 0 Å². The third-order valence-electron chi connectivity index (χ3n) is 6.37. The lowest BCUT2D eigenvalue weighted by atomic mass is 10.0. The van der Waals surface area contributed by atoms with E-state index in [9.17, 15) is 16.8 Å². The van der Waals surface area contributed by atoms with Gasteiger partial charge in [-0.1, -0.05) is 79.6 Å². The predicted octanol–water partition coefficient (Wildman–Crippen LogP) is 4.48. The number of nitrogens with zero attached hydrogens (tertiary/aromatic N) is 1. The van der Waals surface area contributed by atoms with Gasteiger partial charge in [-0.2, -0.15) is 0 Å². The highest BCUT2D eigenvalue weighted by Gasteiger charge is 2.26. The Bertz CT molecular complexity index is 1370. The molecule has 0 amide bonds. The van der Waals surface area contributed by atoms with Crippen LogP contribution in [0, 0.1) is 19.8 Å². The second kappa shape index (κ2) is 13.0. The molecule has 0 spiro atoms. The molecule has 2 atom stereocenters. The maximum absolute atomic E-state index is 13.2. The average Bonchev–Trinajstić information content (AvgIpc) is 2.84. The smallest absolute Gasteiger partial charge is 0.240 e. The van der Waals surface area contributed by atoms with Gasteiger partial charge >= 0.3 is 0 Å². The van der Waals surface area contributed by atoms with Gasteiger partial charge in [-0.25, -0.2) is 26.3 Å². The van der Waals surface area contributed by atoms with Gasteiger partial charge in [-0.05, 0) is 56.5 Å². The molecule has 0 heterocycles. The van der Waals surface area contributed by atoms with E-state index in [2.05, 4.69) is 14.3 Å². The maximum atomic E-state index is 13.2. The number of rotatable bonds is 13. The Hall–Kier alpha value is -2.56. The van der Waals surface area contributed by atoms with E-state index in [-0.39, 0.29) is 21.8 Å². The molecule has 0 radical (unpaired) electrons. The molecule has 9 heteroatoms. The van der Waals surface area contributed by atoms with Gasteiger partial charge in [0.1, 0.15) is 0 Å². The quantitative estimate of drug-likeness (QED) is 0.323. The van der Waals surface area contributed by atoms with E-state index >= 15 is 0 Å². The van der Waals surface area contributed by atoms with Crippen molar-refractivity contribution in [3.05, 3.63) is 95.6 Å². The van der Waals surface area contributed by atoms with Crippen LogP contribution in [0.1, 0.15) is 37.5 Å². The molecule has 0 fully saturated rings. The van der Waals surface area contributed by atoms with Crippen LogP contribution in [0.15, 0.2) is 88.7 Å². The summed E-state index contributed by atoms with van der Waals surface area (Å²) in [5.41, 5.74) is 3.03. The van der Waals surface area contributed by atoms with Crippen molar-refractivity contribution in [1.82, 2.24) is 14.3 Å². The molecule has 2 N–H and O–H groups in total. The van der Waals surface area contributed by atoms with Crippen molar-refractivity contribution in [2.24, 2.45) is 5.92 Å². The molecule has 38 heavy (non-hydrogen) atoms. The fourth-order valence-corrected chi connectivity index (χ4v) is 6.78. The minimum Gasteiger partial charge on any atom is -0.296 e. The second-order valence-corrected chi connectivity index (χ2v) is 13.7. The minimum absolute atomic E-state index is 0.00746. The number of hydrogen-bond donors (Lipinski definition) is 2. The lowest BCUT2D eigenvalue weighted by molar-refractivity contribution is 0.210. The molecule has 206 valence electrons. The molecule has 0 unspecified atom stereocenters. The van der Waals surface area contributed by atoms with Crippen LogP contribution in [0.3, 0.4) is 0 Å². The van der Waals surface area contributed by atoms with Crippen molar-refractivity contribution in [1.29, 1.82) is 0 Å². The van der Waals surface area contributed by atoms with Crippen molar-refractivity contribution in [3.8, 4) is 0 Å². The minimum atomic E-state index is -3.72. The number of sulfonamides is 2. The van der Waals surface area contributed by atoms with Crippen LogP contribution in [-0.2, 0) is 26.6 Å². The molecule has 3 aromatic rings. The van der Waals surface area contributed by atoms with Crippen molar-refractivity contribution in [2.75, 3.05) is 13.1 Å². The highest BCUT2D eigenvalue weighted by atomic mass is 32.2. The molecule has 0 aliphatic heterocycles. The summed E-state index contributed by atoms with van der Waals surface area (Å²) < 4.78 is 57.9. The third-order valence-corrected chi connectivity index (χ3v) is 9.48. The molecule has 0 saturated heterocycles. The summed E-state index contributed by atoms with van der Waals surface area (Å²) in [6, 6.07) is 22.6. The van der Waals surface area contributed by atoms with Crippen LogP contribution in [0.25, 0.3) is 0 Å². The summed E-state index contributed by atoms with van der Waals surface area (Å²) >= 11 is 0. The fourth-order valence-electron chi connectivity index (χ4n) is 4.17. The van der Waals surface area contributed by atoms with Gasteiger partial charge in [0.05, 0.1) is 9.79 Å². The summed E-state index contributed by atoms with van der Waals surface area (Å²) in [5.74, 6) is 0.00746. The number of benzene rings is 3. The zero-order chi connectivity index (χ0) is 27.9. The van der Waals surface area contributed by atoms with Crippen LogP contribution in [-0.4, -0.2) is 46.9 Å². The van der Waals surface area contributed by atoms with E-state index in [1.807, 2.05) is 65.0 Å². The zero-order valence-corrected chi connectivity index (χ0v) is 24.4. The normalized spacial score (nSPS) is 14.1. The molecular formula is C29H39N3O4S2. The van der Waals surface area contributed by atoms with Crippen molar-refractivity contribution in [2.45, 2.75) is 63.0 Å². The van der Waals surface area contributed by atoms with Crippen LogP contribution in [0.2, 0.25) is 0 Å². The van der Waals surface area contributed by atoms with Crippen LogP contribution >= 0.6 is 0 Å². The van der Waals surface area contributed by atoms with Crippen LogP contribution < -0.4 is 9.44 Å². The van der Waals surface area contributed by atoms with Crippen molar-refractivity contribution in [3.63, 3.8) is 0 Å². The van der Waals surface area contributed by atoms with Crippen molar-refractivity contribution >= 4 is 20.0 Å². The first kappa shape index (κ1) is 30.0. The lowest BCUT2D eigenvalue weighted by Gasteiger charge is -2.32. The van der Waals surface area contributed by atoms with Gasteiger partial charge < -0.3 is 0 Å². The van der Waals surface area contributed by atoms with Gasteiger partial charge in [0.2, 0.25) is 20.0 Å². The van der Waals surface area contributed by atoms with Gasteiger partial charge in [0.25, 0.3) is 0 Å². The molecule has 7 nitrogen and oxygen atoms in total. The van der Waals surface area contributed by atoms with Crippen molar-refractivity contribution < 1.29 is 16.8 Å². The summed E-state index contributed by atoms with van der Waals surface area (Å²) in [6.45, 7) is 11.0. The summed E-state index contributed by atoms with van der Waals surface area (Å²) in [7, 11) is -7.42. The highest BCUT2D eigenvalue weighted by molar-refractivity contribution is 7.89. The standard InChI is InChI=1S/C29H39N3O4S2/c1-22(2)29(31-38(35,36)28-17-13-24(4)14-18-28)21-32(20-26-9-7-6-8-10-26)19-25(5)30-37(33,34)27-15-11-23(3)12-16-27/h6-18,22,25,29-31H,19-21H2,1-5H3/t25-,29+/m0/s1. The molecule has 0 aliphatic rings. The van der Waals surface area contributed by atoms with Gasteiger partial charge in [-0.3, -0.25) is 4.90 Å². The Balaban J connectivity index is 1.79. The molecule has 3 rings (SSSR count). The van der Waals surface area contributed by atoms with E-state index in [4.69, 9.17) is 0 Å². The van der Waals surface area contributed by atoms with E-state index in [1.165, 1.54) is 0 Å². The first-order valence-corrected chi connectivity index (χ1v) is 15.8. The highest BCUT2D eigenvalue weighted by Crippen LogP contribution is 2.16. The zero-order valence-electron chi connectivity index (χ0n) is 22.8. The van der Waals surface area contributed by atoms with Gasteiger partial charge in [0, 0.05) is 31.7 Å². The largest absolute Gasteiger partial charge is 0.296 e. The summed E-state index contributed by atoms with van der Waals surface area (Å²) in [6.07, 6.45) is 0. The van der Waals surface area contributed by atoms with Crippen LogP contribution in [0.4, 0.5) is 0 Å². The topological polar surface area (TPSA) is 95.6 Å². The van der Waals surface area contributed by atoms with E-state index < -0.39 is 26.1 Å². The summed E-state index contributed by atoms with van der Waals surface area (Å²) in [5, 5.41) is 0. The Labute approximate surface area is 228 Å².